The van der Waals surface area contributed by atoms with Crippen molar-refractivity contribution in [1.29, 1.82) is 0 Å². The van der Waals surface area contributed by atoms with Crippen LogP contribution in [0.4, 0.5) is 0 Å². The van der Waals surface area contributed by atoms with Crippen LogP contribution in [0.15, 0.2) is 0 Å². The van der Waals surface area contributed by atoms with E-state index in [1.165, 1.54) is 138 Å². The molecule has 0 saturated carbocycles. The van der Waals surface area contributed by atoms with Gasteiger partial charge in [-0.15, -0.1) is 0 Å². The SMILES string of the molecule is CCCCCCCCCCCCCCCCCC[N+]1(C)CCSCC1. The third-order valence-corrected chi connectivity index (χ3v) is 7.04. The molecule has 0 bridgehead atoms. The van der Waals surface area contributed by atoms with Gasteiger partial charge in [-0.25, -0.2) is 0 Å². The van der Waals surface area contributed by atoms with Crippen molar-refractivity contribution < 1.29 is 4.48 Å². The molecule has 0 atom stereocenters. The van der Waals surface area contributed by atoms with Crippen molar-refractivity contribution in [2.75, 3.05) is 38.2 Å². The molecule has 0 spiro atoms. The summed E-state index contributed by atoms with van der Waals surface area (Å²) in [6, 6.07) is 0. The average molecular weight is 371 g/mol. The monoisotopic (exact) mass is 370 g/mol. The summed E-state index contributed by atoms with van der Waals surface area (Å²) in [6.45, 7) is 6.54. The third kappa shape index (κ3) is 14.1. The van der Waals surface area contributed by atoms with Crippen molar-refractivity contribution in [3.8, 4) is 0 Å². The lowest BCUT2D eigenvalue weighted by Crippen LogP contribution is -2.50. The normalized spacial score (nSPS) is 17.0. The fourth-order valence-corrected chi connectivity index (χ4v) is 5.39. The second kappa shape index (κ2) is 16.5. The Morgan fingerprint density at radius 3 is 1.32 bits per heavy atom. The van der Waals surface area contributed by atoms with Gasteiger partial charge in [0, 0.05) is 11.5 Å². The van der Waals surface area contributed by atoms with E-state index in [0.717, 1.165) is 0 Å². The van der Waals surface area contributed by atoms with Crippen LogP contribution < -0.4 is 0 Å². The van der Waals surface area contributed by atoms with Gasteiger partial charge in [0.05, 0.1) is 26.7 Å². The molecule has 1 saturated heterocycles. The minimum Gasteiger partial charge on any atom is -0.325 e. The number of rotatable bonds is 17. The second-order valence-corrected chi connectivity index (χ2v) is 9.93. The van der Waals surface area contributed by atoms with Crippen LogP contribution in [-0.4, -0.2) is 42.7 Å². The highest BCUT2D eigenvalue weighted by Crippen LogP contribution is 2.18. The molecular weight excluding hydrogens is 322 g/mol. The van der Waals surface area contributed by atoms with E-state index in [0.29, 0.717) is 0 Å². The number of hydrogen-bond acceptors (Lipinski definition) is 1. The first-order valence-electron chi connectivity index (χ1n) is 11.7. The quantitative estimate of drug-likeness (QED) is 0.189. The molecule has 0 aromatic carbocycles. The predicted molar refractivity (Wildman–Crippen MR) is 118 cm³/mol. The Balaban J connectivity index is 1.72. The molecule has 0 aromatic rings. The van der Waals surface area contributed by atoms with E-state index >= 15 is 0 Å². The first-order chi connectivity index (χ1) is 12.3. The maximum Gasteiger partial charge on any atom is 0.0876 e. The molecular formula is C23H48NS+. The summed E-state index contributed by atoms with van der Waals surface area (Å²) in [6.07, 6.45) is 23.5. The molecule has 150 valence electrons. The predicted octanol–water partition coefficient (Wildman–Crippen LogP) is 7.44. The summed E-state index contributed by atoms with van der Waals surface area (Å²) in [5, 5.41) is 0. The van der Waals surface area contributed by atoms with Crippen LogP contribution in [0, 0.1) is 0 Å². The lowest BCUT2D eigenvalue weighted by Gasteiger charge is -2.37. The smallest absolute Gasteiger partial charge is 0.0876 e. The van der Waals surface area contributed by atoms with Gasteiger partial charge in [-0.1, -0.05) is 96.8 Å². The molecule has 0 aliphatic carbocycles. The summed E-state index contributed by atoms with van der Waals surface area (Å²) in [7, 11) is 2.48. The maximum atomic E-state index is 2.48. The third-order valence-electron chi connectivity index (χ3n) is 6.10. The fraction of sp³-hybridized carbons (Fsp3) is 1.00. The van der Waals surface area contributed by atoms with Gasteiger partial charge in [-0.2, -0.15) is 11.8 Å². The van der Waals surface area contributed by atoms with Crippen LogP contribution in [0.25, 0.3) is 0 Å². The Kier molecular flexibility index (Phi) is 15.4. The summed E-state index contributed by atoms with van der Waals surface area (Å²) >= 11 is 2.15. The Morgan fingerprint density at radius 1 is 0.560 bits per heavy atom. The zero-order valence-corrected chi connectivity index (χ0v) is 18.5. The summed E-state index contributed by atoms with van der Waals surface area (Å²) in [5.41, 5.74) is 0. The number of unbranched alkanes of at least 4 members (excludes halogenated alkanes) is 15. The van der Waals surface area contributed by atoms with E-state index < -0.39 is 0 Å². The molecule has 0 N–H and O–H groups in total. The standard InChI is InChI=1S/C23H48NS/c1-3-4-5-6-7-8-9-10-11-12-13-14-15-16-17-18-19-24(2)20-22-25-23-21-24/h3-23H2,1-2H3/q+1. The molecule has 0 unspecified atom stereocenters. The Bertz CT molecular complexity index is 273. The van der Waals surface area contributed by atoms with Gasteiger partial charge in [-0.3, -0.25) is 0 Å². The summed E-state index contributed by atoms with van der Waals surface area (Å²) in [4.78, 5) is 0. The van der Waals surface area contributed by atoms with E-state index in [1.54, 1.807) is 0 Å². The van der Waals surface area contributed by atoms with Gasteiger partial charge in [0.1, 0.15) is 0 Å². The molecule has 1 fully saturated rings. The highest BCUT2D eigenvalue weighted by atomic mass is 32.2. The number of quaternary nitrogens is 1. The van der Waals surface area contributed by atoms with Crippen LogP contribution >= 0.6 is 11.8 Å². The van der Waals surface area contributed by atoms with Crippen molar-refractivity contribution in [2.24, 2.45) is 0 Å². The number of hydrogen-bond donors (Lipinski definition) is 0. The molecule has 0 radical (unpaired) electrons. The van der Waals surface area contributed by atoms with Crippen molar-refractivity contribution in [3.63, 3.8) is 0 Å². The van der Waals surface area contributed by atoms with Gasteiger partial charge < -0.3 is 4.48 Å². The lowest BCUT2D eigenvalue weighted by atomic mass is 10.0. The zero-order valence-electron chi connectivity index (χ0n) is 17.7. The zero-order chi connectivity index (χ0) is 18.1. The van der Waals surface area contributed by atoms with Gasteiger partial charge in [0.15, 0.2) is 0 Å². The second-order valence-electron chi connectivity index (χ2n) is 8.71. The van der Waals surface area contributed by atoms with Crippen LogP contribution in [0.1, 0.15) is 110 Å². The van der Waals surface area contributed by atoms with Crippen molar-refractivity contribution in [2.45, 2.75) is 110 Å². The molecule has 0 amide bonds. The van der Waals surface area contributed by atoms with Gasteiger partial charge in [-0.05, 0) is 12.8 Å². The van der Waals surface area contributed by atoms with E-state index in [9.17, 15) is 0 Å². The summed E-state index contributed by atoms with van der Waals surface area (Å²) in [5.74, 6) is 2.77. The van der Waals surface area contributed by atoms with Crippen molar-refractivity contribution >= 4 is 11.8 Å². The van der Waals surface area contributed by atoms with Crippen molar-refractivity contribution in [1.82, 2.24) is 0 Å². The highest BCUT2D eigenvalue weighted by Gasteiger charge is 2.23. The number of thioether (sulfide) groups is 1. The highest BCUT2D eigenvalue weighted by molar-refractivity contribution is 7.99. The maximum absolute atomic E-state index is 2.48. The number of nitrogens with zero attached hydrogens (tertiary/aromatic N) is 1. The molecule has 25 heavy (non-hydrogen) atoms. The fourth-order valence-electron chi connectivity index (χ4n) is 4.05. The topological polar surface area (TPSA) is 0 Å². The molecule has 1 rings (SSSR count). The Hall–Kier alpha value is 0.310. The van der Waals surface area contributed by atoms with Crippen molar-refractivity contribution in [3.05, 3.63) is 0 Å². The summed E-state index contributed by atoms with van der Waals surface area (Å²) < 4.78 is 1.35. The van der Waals surface area contributed by atoms with E-state index in [1.807, 2.05) is 0 Å². The molecule has 1 heterocycles. The van der Waals surface area contributed by atoms with E-state index in [-0.39, 0.29) is 0 Å². The molecule has 1 aliphatic heterocycles. The first kappa shape index (κ1) is 23.3. The molecule has 1 nitrogen and oxygen atoms in total. The van der Waals surface area contributed by atoms with Crippen LogP contribution in [0.5, 0.6) is 0 Å². The molecule has 1 aliphatic rings. The van der Waals surface area contributed by atoms with E-state index in [4.69, 9.17) is 0 Å². The Labute approximate surface area is 164 Å². The molecule has 2 heteroatoms. The van der Waals surface area contributed by atoms with Gasteiger partial charge >= 0.3 is 0 Å². The lowest BCUT2D eigenvalue weighted by molar-refractivity contribution is -0.906. The van der Waals surface area contributed by atoms with Crippen LogP contribution in [0.2, 0.25) is 0 Å². The minimum absolute atomic E-state index is 1.35. The Morgan fingerprint density at radius 2 is 0.920 bits per heavy atom. The minimum atomic E-state index is 1.35. The van der Waals surface area contributed by atoms with Crippen LogP contribution in [-0.2, 0) is 0 Å². The largest absolute Gasteiger partial charge is 0.325 e. The van der Waals surface area contributed by atoms with Gasteiger partial charge in [0.2, 0.25) is 0 Å². The van der Waals surface area contributed by atoms with E-state index in [2.05, 4.69) is 25.7 Å². The van der Waals surface area contributed by atoms with Crippen LogP contribution in [0.3, 0.4) is 0 Å². The first-order valence-corrected chi connectivity index (χ1v) is 12.8. The molecule has 0 aromatic heterocycles. The van der Waals surface area contributed by atoms with Gasteiger partial charge in [0.25, 0.3) is 0 Å². The average Bonchev–Trinajstić information content (AvgIpc) is 2.62.